The van der Waals surface area contributed by atoms with E-state index in [1.807, 2.05) is 5.32 Å². The summed E-state index contributed by atoms with van der Waals surface area (Å²) >= 11 is 0. The van der Waals surface area contributed by atoms with E-state index >= 15 is 0 Å². The predicted molar refractivity (Wildman–Crippen MR) is 126 cm³/mol. The Balaban J connectivity index is 2.93. The second-order valence-electron chi connectivity index (χ2n) is 8.27. The minimum atomic E-state index is -1.69. The number of phenolic OH excluding ortho intramolecular Hbond substituents is 1. The van der Waals surface area contributed by atoms with Crippen molar-refractivity contribution in [2.45, 2.75) is 62.9 Å². The van der Waals surface area contributed by atoms with Crippen molar-refractivity contribution in [1.82, 2.24) is 16.0 Å². The van der Waals surface area contributed by atoms with Crippen LogP contribution in [0, 0.1) is 0 Å². The molecule has 0 aliphatic carbocycles. The van der Waals surface area contributed by atoms with Crippen LogP contribution in [0.4, 0.5) is 0 Å². The highest BCUT2D eigenvalue weighted by Gasteiger charge is 2.33. The van der Waals surface area contributed by atoms with E-state index in [1.54, 1.807) is 0 Å². The number of aliphatic hydroxyl groups is 1. The lowest BCUT2D eigenvalue weighted by molar-refractivity contribution is -0.143. The largest absolute Gasteiger partial charge is 0.508 e. The molecule has 11 N–H and O–H groups in total. The first-order valence-corrected chi connectivity index (χ1v) is 11.1. The van der Waals surface area contributed by atoms with Gasteiger partial charge in [-0.25, -0.2) is 4.79 Å². The molecule has 0 spiro atoms. The summed E-state index contributed by atoms with van der Waals surface area (Å²) < 4.78 is 0. The molecule has 5 unspecified atom stereocenters. The molecule has 1 aromatic carbocycles. The lowest BCUT2D eigenvalue weighted by atomic mass is 10.0. The Morgan fingerprint density at radius 2 is 1.46 bits per heavy atom. The maximum atomic E-state index is 12.8. The Morgan fingerprint density at radius 3 is 1.95 bits per heavy atom. The highest BCUT2D eigenvalue weighted by atomic mass is 16.4. The summed E-state index contributed by atoms with van der Waals surface area (Å²) in [5.41, 5.74) is 11.6. The number of aliphatic carboxylic acids is 2. The molecule has 0 heterocycles. The summed E-state index contributed by atoms with van der Waals surface area (Å²) in [6, 6.07) is -0.247. The first-order valence-electron chi connectivity index (χ1n) is 11.1. The summed E-state index contributed by atoms with van der Waals surface area (Å²) in [7, 11) is 0. The van der Waals surface area contributed by atoms with Gasteiger partial charge in [-0.2, -0.15) is 0 Å². The normalized spacial score (nSPS) is 14.8. The van der Waals surface area contributed by atoms with Crippen LogP contribution >= 0.6 is 0 Å². The maximum Gasteiger partial charge on any atom is 0.326 e. The van der Waals surface area contributed by atoms with E-state index in [0.717, 1.165) is 0 Å². The molecule has 5 atom stereocenters. The third-order valence-corrected chi connectivity index (χ3v) is 5.09. The Kier molecular flexibility index (Phi) is 11.9. The van der Waals surface area contributed by atoms with Crippen molar-refractivity contribution in [3.63, 3.8) is 0 Å². The van der Waals surface area contributed by atoms with Crippen LogP contribution in [-0.2, 0) is 35.2 Å². The molecular formula is C22H31N5O10. The number of primary amides is 1. The maximum absolute atomic E-state index is 12.8. The summed E-state index contributed by atoms with van der Waals surface area (Å²) in [6.45, 7) is 1.17. The van der Waals surface area contributed by atoms with Crippen molar-refractivity contribution in [2.24, 2.45) is 11.5 Å². The van der Waals surface area contributed by atoms with Crippen molar-refractivity contribution >= 4 is 35.6 Å². The van der Waals surface area contributed by atoms with E-state index in [4.69, 9.17) is 16.6 Å². The highest BCUT2D eigenvalue weighted by molar-refractivity contribution is 5.96. The molecule has 1 rings (SSSR count). The molecule has 204 valence electrons. The number of carboxylic acid groups (broad SMARTS) is 2. The van der Waals surface area contributed by atoms with Crippen LogP contribution in [0.25, 0.3) is 0 Å². The van der Waals surface area contributed by atoms with E-state index in [0.29, 0.717) is 5.56 Å². The van der Waals surface area contributed by atoms with Gasteiger partial charge < -0.3 is 47.8 Å². The Labute approximate surface area is 211 Å². The van der Waals surface area contributed by atoms with Crippen LogP contribution in [0.1, 0.15) is 31.7 Å². The van der Waals surface area contributed by atoms with E-state index < -0.39 is 85.1 Å². The molecular weight excluding hydrogens is 494 g/mol. The standard InChI is InChI=1S/C22H31N5O10/c1-10(28)18(27-19(33)13(23)8-11-2-4-12(29)5-3-11)21(35)26-15(9-16(24)30)20(34)25-14(22(36)37)6-7-17(31)32/h2-5,10,13-15,18,28-29H,6-9,23H2,1H3,(H2,24,30)(H,25,34)(H,26,35)(H,27,33)(H,31,32)(H,36,37). The van der Waals surface area contributed by atoms with Crippen LogP contribution in [0.3, 0.4) is 0 Å². The third kappa shape index (κ3) is 10.9. The molecule has 0 radical (unpaired) electrons. The zero-order chi connectivity index (χ0) is 28.3. The van der Waals surface area contributed by atoms with Crippen LogP contribution in [0.2, 0.25) is 0 Å². The molecule has 0 bridgehead atoms. The van der Waals surface area contributed by atoms with Gasteiger partial charge in [0.25, 0.3) is 0 Å². The minimum Gasteiger partial charge on any atom is -0.508 e. The molecule has 0 saturated heterocycles. The van der Waals surface area contributed by atoms with Gasteiger partial charge in [-0.15, -0.1) is 0 Å². The van der Waals surface area contributed by atoms with Crippen LogP contribution < -0.4 is 27.4 Å². The van der Waals surface area contributed by atoms with Gasteiger partial charge in [0, 0.05) is 6.42 Å². The monoisotopic (exact) mass is 525 g/mol. The summed E-state index contributed by atoms with van der Waals surface area (Å²) in [5.74, 6) is -6.95. The molecule has 15 nitrogen and oxygen atoms in total. The molecule has 0 aromatic heterocycles. The summed E-state index contributed by atoms with van der Waals surface area (Å²) in [5, 5.41) is 43.8. The lowest BCUT2D eigenvalue weighted by Crippen LogP contribution is -2.60. The van der Waals surface area contributed by atoms with Gasteiger partial charge in [-0.05, 0) is 37.5 Å². The van der Waals surface area contributed by atoms with Crippen LogP contribution in [0.15, 0.2) is 24.3 Å². The number of aromatic hydroxyl groups is 1. The van der Waals surface area contributed by atoms with Crippen LogP contribution in [-0.4, -0.2) is 86.3 Å². The Morgan fingerprint density at radius 1 is 0.892 bits per heavy atom. The fourth-order valence-electron chi connectivity index (χ4n) is 3.11. The topological polar surface area (TPSA) is 271 Å². The van der Waals surface area contributed by atoms with Crippen molar-refractivity contribution in [2.75, 3.05) is 0 Å². The lowest BCUT2D eigenvalue weighted by Gasteiger charge is -2.26. The van der Waals surface area contributed by atoms with Crippen molar-refractivity contribution in [1.29, 1.82) is 0 Å². The number of aliphatic hydroxyl groups excluding tert-OH is 1. The third-order valence-electron chi connectivity index (χ3n) is 5.09. The fourth-order valence-corrected chi connectivity index (χ4v) is 3.11. The number of hydrogen-bond donors (Lipinski definition) is 9. The summed E-state index contributed by atoms with van der Waals surface area (Å²) in [6.07, 6.45) is -3.27. The smallest absolute Gasteiger partial charge is 0.326 e. The molecule has 0 aliphatic heterocycles. The summed E-state index contributed by atoms with van der Waals surface area (Å²) in [4.78, 5) is 71.4. The van der Waals surface area contributed by atoms with Crippen LogP contribution in [0.5, 0.6) is 5.75 Å². The number of carboxylic acids is 2. The van der Waals surface area contributed by atoms with E-state index in [9.17, 15) is 44.1 Å². The van der Waals surface area contributed by atoms with E-state index in [2.05, 4.69) is 10.6 Å². The zero-order valence-corrected chi connectivity index (χ0v) is 19.9. The highest BCUT2D eigenvalue weighted by Crippen LogP contribution is 2.11. The van der Waals surface area contributed by atoms with Gasteiger partial charge in [0.2, 0.25) is 23.6 Å². The molecule has 0 fully saturated rings. The number of benzene rings is 1. The minimum absolute atomic E-state index is 0.0127. The number of amides is 4. The molecule has 1 aromatic rings. The number of hydrogen-bond acceptors (Lipinski definition) is 9. The molecule has 0 aliphatic rings. The van der Waals surface area contributed by atoms with Crippen molar-refractivity contribution < 1.29 is 49.2 Å². The zero-order valence-electron chi connectivity index (χ0n) is 19.9. The average Bonchev–Trinajstić information content (AvgIpc) is 2.79. The van der Waals surface area contributed by atoms with Crippen molar-refractivity contribution in [3.05, 3.63) is 29.8 Å². The molecule has 0 saturated carbocycles. The van der Waals surface area contributed by atoms with Gasteiger partial charge in [0.1, 0.15) is 23.9 Å². The van der Waals surface area contributed by atoms with Crippen molar-refractivity contribution in [3.8, 4) is 5.75 Å². The second-order valence-corrected chi connectivity index (χ2v) is 8.27. The first kappa shape index (κ1) is 30.8. The fraction of sp³-hybridized carbons (Fsp3) is 0.455. The van der Waals surface area contributed by atoms with E-state index in [-0.39, 0.29) is 12.2 Å². The van der Waals surface area contributed by atoms with Gasteiger partial charge in [-0.3, -0.25) is 24.0 Å². The predicted octanol–water partition coefficient (Wildman–Crippen LogP) is -3.08. The number of carbonyl (C=O) groups is 6. The first-order chi connectivity index (χ1) is 17.2. The van der Waals surface area contributed by atoms with Gasteiger partial charge in [0.15, 0.2) is 0 Å². The Bertz CT molecular complexity index is 998. The number of carbonyl (C=O) groups excluding carboxylic acids is 4. The molecule has 4 amide bonds. The number of nitrogens with two attached hydrogens (primary N) is 2. The quantitative estimate of drug-likeness (QED) is 0.111. The van der Waals surface area contributed by atoms with Gasteiger partial charge in [0.05, 0.1) is 18.6 Å². The van der Waals surface area contributed by atoms with Gasteiger partial charge >= 0.3 is 11.9 Å². The SMILES string of the molecule is CC(O)C(NC(=O)C(N)Cc1ccc(O)cc1)C(=O)NC(CC(N)=O)C(=O)NC(CCC(=O)O)C(=O)O. The van der Waals surface area contributed by atoms with Gasteiger partial charge in [-0.1, -0.05) is 12.1 Å². The average molecular weight is 526 g/mol. The molecule has 37 heavy (non-hydrogen) atoms. The number of rotatable bonds is 15. The Hall–Kier alpha value is -4.24. The second kappa shape index (κ2) is 14.4. The number of nitrogens with one attached hydrogen (secondary N) is 3. The molecule has 15 heteroatoms. The van der Waals surface area contributed by atoms with E-state index in [1.165, 1.54) is 31.2 Å². The number of phenols is 1.